The van der Waals surface area contributed by atoms with Gasteiger partial charge in [0.25, 0.3) is 0 Å². The second kappa shape index (κ2) is 4.37. The molecule has 0 aliphatic heterocycles. The summed E-state index contributed by atoms with van der Waals surface area (Å²) in [5.41, 5.74) is 14.6. The predicted octanol–water partition coefficient (Wildman–Crippen LogP) is 3.82. The van der Waals surface area contributed by atoms with E-state index in [0.29, 0.717) is 0 Å². The van der Waals surface area contributed by atoms with Crippen molar-refractivity contribution >= 4 is 11.3 Å². The minimum absolute atomic E-state index is 0.726. The highest BCUT2D eigenvalue weighted by Crippen LogP contribution is 2.29. The van der Waals surface area contributed by atoms with Gasteiger partial charge in [0.15, 0.2) is 5.65 Å². The lowest BCUT2D eigenvalue weighted by atomic mass is 10.0. The number of benzene rings is 1. The van der Waals surface area contributed by atoms with Gasteiger partial charge in [0.2, 0.25) is 0 Å². The number of rotatable bonds is 1. The van der Waals surface area contributed by atoms with E-state index in [0.717, 1.165) is 28.3 Å². The van der Waals surface area contributed by atoms with Gasteiger partial charge in [-0.25, -0.2) is 4.98 Å². The number of anilines is 1. The molecule has 2 N–H and O–H groups in total. The Morgan fingerprint density at radius 2 is 1.75 bits per heavy atom. The lowest BCUT2D eigenvalue weighted by Gasteiger charge is -2.05. The Morgan fingerprint density at radius 3 is 2.45 bits per heavy atom. The van der Waals surface area contributed by atoms with E-state index in [1.165, 1.54) is 16.7 Å². The molecule has 0 fully saturated rings. The van der Waals surface area contributed by atoms with Gasteiger partial charge in [0.1, 0.15) is 0 Å². The van der Waals surface area contributed by atoms with Crippen LogP contribution < -0.4 is 5.73 Å². The number of pyridine rings is 1. The number of hydrogen-bond donors (Lipinski definition) is 1. The minimum Gasteiger partial charge on any atom is -0.396 e. The average molecular weight is 265 g/mol. The first kappa shape index (κ1) is 12.7. The van der Waals surface area contributed by atoms with Crippen molar-refractivity contribution in [2.24, 2.45) is 0 Å². The lowest BCUT2D eigenvalue weighted by molar-refractivity contribution is 1.09. The fourth-order valence-electron chi connectivity index (χ4n) is 2.76. The zero-order chi connectivity index (χ0) is 14.4. The van der Waals surface area contributed by atoms with Crippen molar-refractivity contribution in [2.45, 2.75) is 27.7 Å². The van der Waals surface area contributed by atoms with Gasteiger partial charge < -0.3 is 10.1 Å². The Morgan fingerprint density at radius 1 is 1.00 bits per heavy atom. The number of aryl methyl sites for hydroxylation is 4. The maximum Gasteiger partial charge on any atom is 0.160 e. The summed E-state index contributed by atoms with van der Waals surface area (Å²) in [5, 5.41) is 0. The topological polar surface area (TPSA) is 43.3 Å². The molecule has 1 aromatic carbocycles. The van der Waals surface area contributed by atoms with Gasteiger partial charge in [0.05, 0.1) is 11.4 Å². The second-order valence-electron chi connectivity index (χ2n) is 5.53. The van der Waals surface area contributed by atoms with E-state index in [1.54, 1.807) is 0 Å². The third-order valence-corrected chi connectivity index (χ3v) is 3.76. The summed E-state index contributed by atoms with van der Waals surface area (Å²) in [5.74, 6) is 0. The first-order valence-corrected chi connectivity index (χ1v) is 6.80. The van der Waals surface area contributed by atoms with Crippen LogP contribution in [0, 0.1) is 27.7 Å². The highest BCUT2D eigenvalue weighted by atomic mass is 15.0. The standard InChI is InChI=1S/C17H19N3/c1-10-5-6-14(12(3)7-10)16-13(4)20-9-11(2)8-15(18)17(20)19-16/h5-9H,18H2,1-4H3. The Bertz CT molecular complexity index is 813. The molecule has 0 bridgehead atoms. The van der Waals surface area contributed by atoms with Crippen LogP contribution in [0.15, 0.2) is 30.5 Å². The van der Waals surface area contributed by atoms with E-state index in [2.05, 4.69) is 49.6 Å². The van der Waals surface area contributed by atoms with E-state index in [4.69, 9.17) is 10.7 Å². The largest absolute Gasteiger partial charge is 0.396 e. The zero-order valence-electron chi connectivity index (χ0n) is 12.4. The molecule has 0 aliphatic carbocycles. The number of nitrogens with zero attached hydrogens (tertiary/aromatic N) is 2. The molecule has 3 heteroatoms. The molecule has 3 nitrogen and oxygen atoms in total. The molecule has 20 heavy (non-hydrogen) atoms. The molecule has 0 saturated heterocycles. The normalized spacial score (nSPS) is 11.2. The summed E-state index contributed by atoms with van der Waals surface area (Å²) in [4.78, 5) is 4.75. The highest BCUT2D eigenvalue weighted by molar-refractivity contribution is 5.75. The van der Waals surface area contributed by atoms with E-state index in [-0.39, 0.29) is 0 Å². The molecular weight excluding hydrogens is 246 g/mol. The van der Waals surface area contributed by atoms with Gasteiger partial charge in [-0.3, -0.25) is 0 Å². The van der Waals surface area contributed by atoms with E-state index >= 15 is 0 Å². The van der Waals surface area contributed by atoms with Crippen LogP contribution in [0.4, 0.5) is 5.69 Å². The summed E-state index contributed by atoms with van der Waals surface area (Å²) in [6, 6.07) is 8.42. The summed E-state index contributed by atoms with van der Waals surface area (Å²) in [6.07, 6.45) is 2.08. The van der Waals surface area contributed by atoms with Crippen LogP contribution in [0.5, 0.6) is 0 Å². The van der Waals surface area contributed by atoms with Crippen molar-refractivity contribution in [3.05, 3.63) is 52.8 Å². The van der Waals surface area contributed by atoms with Crippen LogP contribution in [-0.4, -0.2) is 9.38 Å². The number of nitrogen functional groups attached to an aromatic ring is 1. The first-order valence-electron chi connectivity index (χ1n) is 6.80. The third kappa shape index (κ3) is 1.86. The quantitative estimate of drug-likeness (QED) is 0.727. The molecule has 2 aromatic heterocycles. The van der Waals surface area contributed by atoms with Gasteiger partial charge in [-0.05, 0) is 44.9 Å². The Kier molecular flexibility index (Phi) is 2.78. The summed E-state index contributed by atoms with van der Waals surface area (Å²) >= 11 is 0. The first-order chi connectivity index (χ1) is 9.47. The molecule has 3 aromatic rings. The molecule has 0 aliphatic rings. The number of imidazole rings is 1. The summed E-state index contributed by atoms with van der Waals surface area (Å²) in [6.45, 7) is 8.37. The SMILES string of the molecule is Cc1ccc(-c2nc3c(N)cc(C)cn3c2C)c(C)c1. The van der Waals surface area contributed by atoms with Crippen molar-refractivity contribution < 1.29 is 0 Å². The summed E-state index contributed by atoms with van der Waals surface area (Å²) in [7, 11) is 0. The smallest absolute Gasteiger partial charge is 0.160 e. The number of aromatic nitrogens is 2. The van der Waals surface area contributed by atoms with E-state index < -0.39 is 0 Å². The van der Waals surface area contributed by atoms with Crippen LogP contribution in [-0.2, 0) is 0 Å². The van der Waals surface area contributed by atoms with Gasteiger partial charge >= 0.3 is 0 Å². The van der Waals surface area contributed by atoms with Crippen molar-refractivity contribution in [1.82, 2.24) is 9.38 Å². The Hall–Kier alpha value is -2.29. The fraction of sp³-hybridized carbons (Fsp3) is 0.235. The zero-order valence-corrected chi connectivity index (χ0v) is 12.4. The van der Waals surface area contributed by atoms with Crippen LogP contribution in [0.3, 0.4) is 0 Å². The Labute approximate surface area is 119 Å². The van der Waals surface area contributed by atoms with Crippen molar-refractivity contribution in [1.29, 1.82) is 0 Å². The second-order valence-corrected chi connectivity index (χ2v) is 5.53. The number of fused-ring (bicyclic) bond motifs is 1. The third-order valence-electron chi connectivity index (χ3n) is 3.76. The molecule has 2 heterocycles. The van der Waals surface area contributed by atoms with Crippen molar-refractivity contribution in [3.63, 3.8) is 0 Å². The molecule has 102 valence electrons. The molecule has 0 atom stereocenters. The highest BCUT2D eigenvalue weighted by Gasteiger charge is 2.14. The predicted molar refractivity (Wildman–Crippen MR) is 84.0 cm³/mol. The molecule has 0 unspecified atom stereocenters. The van der Waals surface area contributed by atoms with Gasteiger partial charge in [-0.2, -0.15) is 0 Å². The van der Waals surface area contributed by atoms with Crippen LogP contribution in [0.2, 0.25) is 0 Å². The van der Waals surface area contributed by atoms with Gasteiger partial charge in [-0.15, -0.1) is 0 Å². The van der Waals surface area contributed by atoms with Gasteiger partial charge in [0, 0.05) is 17.5 Å². The maximum atomic E-state index is 6.10. The van der Waals surface area contributed by atoms with Gasteiger partial charge in [-0.1, -0.05) is 23.8 Å². The van der Waals surface area contributed by atoms with Crippen LogP contribution >= 0.6 is 0 Å². The monoisotopic (exact) mass is 265 g/mol. The fourth-order valence-corrected chi connectivity index (χ4v) is 2.76. The molecular formula is C17H19N3. The van der Waals surface area contributed by atoms with Crippen LogP contribution in [0.25, 0.3) is 16.9 Å². The maximum absolute atomic E-state index is 6.10. The molecule has 0 spiro atoms. The van der Waals surface area contributed by atoms with Crippen molar-refractivity contribution in [3.8, 4) is 11.3 Å². The molecule has 0 radical (unpaired) electrons. The number of nitrogens with two attached hydrogens (primary N) is 1. The molecule has 0 amide bonds. The number of hydrogen-bond acceptors (Lipinski definition) is 2. The molecule has 0 saturated carbocycles. The summed E-state index contributed by atoms with van der Waals surface area (Å²) < 4.78 is 2.08. The van der Waals surface area contributed by atoms with E-state index in [9.17, 15) is 0 Å². The van der Waals surface area contributed by atoms with E-state index in [1.807, 2.05) is 13.0 Å². The minimum atomic E-state index is 0.726. The average Bonchev–Trinajstić information content (AvgIpc) is 2.68. The lowest BCUT2D eigenvalue weighted by Crippen LogP contribution is -1.95. The Balaban J connectivity index is 2.32. The van der Waals surface area contributed by atoms with Crippen LogP contribution in [0.1, 0.15) is 22.4 Å². The van der Waals surface area contributed by atoms with Crippen molar-refractivity contribution in [2.75, 3.05) is 5.73 Å². The molecule has 3 rings (SSSR count).